The van der Waals surface area contributed by atoms with E-state index in [-0.39, 0.29) is 11.3 Å². The molecule has 4 rings (SSSR count). The van der Waals surface area contributed by atoms with Crippen molar-refractivity contribution in [3.63, 3.8) is 0 Å². The molecule has 25 heavy (non-hydrogen) atoms. The fourth-order valence-electron chi connectivity index (χ4n) is 5.19. The number of nitrogens with zero attached hydrogens (tertiary/aromatic N) is 4. The Hall–Kier alpha value is -1.43. The Balaban J connectivity index is 1.47. The maximum Gasteiger partial charge on any atom is 0.222 e. The van der Waals surface area contributed by atoms with E-state index in [1.165, 1.54) is 25.7 Å². The maximum absolute atomic E-state index is 12.9. The van der Waals surface area contributed by atoms with Gasteiger partial charge in [0.25, 0.3) is 0 Å². The molecule has 6 heteroatoms. The molecule has 0 radical (unpaired) electrons. The highest BCUT2D eigenvalue weighted by molar-refractivity contribution is 5.76. The summed E-state index contributed by atoms with van der Waals surface area (Å²) in [5.74, 6) is 2.41. The standard InChI is InChI=1S/C19H30N4O2/c1-22-14-20-21-18(22)16-12-23(13-19(16)8-10-25-11-9-19)17(24)7-6-15-4-2-3-5-15/h14-16H,2-13H2,1H3. The zero-order chi connectivity index (χ0) is 17.3. The van der Waals surface area contributed by atoms with Gasteiger partial charge in [-0.3, -0.25) is 4.79 Å². The first-order valence-electron chi connectivity index (χ1n) is 9.87. The molecule has 1 aromatic rings. The van der Waals surface area contributed by atoms with Crippen molar-refractivity contribution in [2.24, 2.45) is 18.4 Å². The number of hydrogen-bond donors (Lipinski definition) is 0. The van der Waals surface area contributed by atoms with E-state index in [4.69, 9.17) is 4.74 Å². The van der Waals surface area contributed by atoms with Gasteiger partial charge in [0, 0.05) is 51.1 Å². The van der Waals surface area contributed by atoms with Crippen molar-refractivity contribution in [3.05, 3.63) is 12.2 Å². The van der Waals surface area contributed by atoms with Crippen LogP contribution in [0.4, 0.5) is 0 Å². The minimum Gasteiger partial charge on any atom is -0.381 e. The third-order valence-electron chi connectivity index (χ3n) is 6.79. The summed E-state index contributed by atoms with van der Waals surface area (Å²) in [6.45, 7) is 3.23. The van der Waals surface area contributed by atoms with Crippen molar-refractivity contribution in [1.29, 1.82) is 0 Å². The molecule has 1 spiro atoms. The highest BCUT2D eigenvalue weighted by atomic mass is 16.5. The molecule has 138 valence electrons. The number of hydrogen-bond acceptors (Lipinski definition) is 4. The van der Waals surface area contributed by atoms with Crippen molar-refractivity contribution < 1.29 is 9.53 Å². The molecule has 1 aromatic heterocycles. The monoisotopic (exact) mass is 346 g/mol. The number of ether oxygens (including phenoxy) is 1. The van der Waals surface area contributed by atoms with Gasteiger partial charge in [-0.15, -0.1) is 10.2 Å². The molecule has 1 amide bonds. The van der Waals surface area contributed by atoms with Gasteiger partial charge >= 0.3 is 0 Å². The van der Waals surface area contributed by atoms with E-state index in [1.54, 1.807) is 6.33 Å². The molecule has 3 aliphatic rings. The molecule has 2 saturated heterocycles. The Bertz CT molecular complexity index is 602. The number of amides is 1. The molecule has 1 unspecified atom stereocenters. The normalized spacial score (nSPS) is 26.6. The molecular weight excluding hydrogens is 316 g/mol. The average molecular weight is 346 g/mol. The molecule has 3 heterocycles. The topological polar surface area (TPSA) is 60.2 Å². The Morgan fingerprint density at radius 1 is 1.32 bits per heavy atom. The molecule has 2 aliphatic heterocycles. The van der Waals surface area contributed by atoms with Crippen LogP contribution in [-0.2, 0) is 16.6 Å². The molecule has 0 N–H and O–H groups in total. The van der Waals surface area contributed by atoms with Crippen LogP contribution in [0.1, 0.15) is 63.1 Å². The molecule has 1 atom stereocenters. The fourth-order valence-corrected chi connectivity index (χ4v) is 5.19. The number of carbonyl (C=O) groups excluding carboxylic acids is 1. The Morgan fingerprint density at radius 2 is 2.08 bits per heavy atom. The SMILES string of the molecule is Cn1cnnc1C1CN(C(=O)CCC2CCCC2)CC12CCOCC2. The summed E-state index contributed by atoms with van der Waals surface area (Å²) < 4.78 is 7.64. The van der Waals surface area contributed by atoms with Gasteiger partial charge in [-0.2, -0.15) is 0 Å². The highest BCUT2D eigenvalue weighted by Crippen LogP contribution is 2.49. The van der Waals surface area contributed by atoms with E-state index in [0.29, 0.717) is 12.3 Å². The minimum atomic E-state index is 0.113. The maximum atomic E-state index is 12.9. The summed E-state index contributed by atoms with van der Waals surface area (Å²) in [6, 6.07) is 0. The van der Waals surface area contributed by atoms with Crippen LogP contribution in [-0.4, -0.2) is 51.9 Å². The largest absolute Gasteiger partial charge is 0.381 e. The first kappa shape index (κ1) is 17.0. The van der Waals surface area contributed by atoms with Gasteiger partial charge in [-0.25, -0.2) is 0 Å². The number of likely N-dealkylation sites (tertiary alicyclic amines) is 1. The van der Waals surface area contributed by atoms with Gasteiger partial charge in [-0.05, 0) is 25.2 Å². The molecule has 0 bridgehead atoms. The van der Waals surface area contributed by atoms with Crippen molar-refractivity contribution in [1.82, 2.24) is 19.7 Å². The summed E-state index contributed by atoms with van der Waals surface area (Å²) in [6.07, 6.45) is 10.9. The number of aryl methyl sites for hydroxylation is 1. The Kier molecular flexibility index (Phi) is 4.80. The van der Waals surface area contributed by atoms with Crippen molar-refractivity contribution in [3.8, 4) is 0 Å². The lowest BCUT2D eigenvalue weighted by molar-refractivity contribution is -0.131. The molecular formula is C19H30N4O2. The predicted octanol–water partition coefficient (Wildman–Crippen LogP) is 2.51. The number of rotatable bonds is 4. The zero-order valence-corrected chi connectivity index (χ0v) is 15.3. The van der Waals surface area contributed by atoms with E-state index in [2.05, 4.69) is 15.1 Å². The van der Waals surface area contributed by atoms with Crippen LogP contribution < -0.4 is 0 Å². The zero-order valence-electron chi connectivity index (χ0n) is 15.3. The van der Waals surface area contributed by atoms with E-state index in [1.807, 2.05) is 11.6 Å². The molecule has 6 nitrogen and oxygen atoms in total. The van der Waals surface area contributed by atoms with Crippen LogP contribution in [0.5, 0.6) is 0 Å². The van der Waals surface area contributed by atoms with Crippen molar-refractivity contribution >= 4 is 5.91 Å². The number of aromatic nitrogens is 3. The summed E-state index contributed by atoms with van der Waals surface area (Å²) in [5.41, 5.74) is 0.113. The predicted molar refractivity (Wildman–Crippen MR) is 94.0 cm³/mol. The fraction of sp³-hybridized carbons (Fsp3) is 0.842. The second-order valence-corrected chi connectivity index (χ2v) is 8.29. The minimum absolute atomic E-state index is 0.113. The Labute approximate surface area is 149 Å². The smallest absolute Gasteiger partial charge is 0.222 e. The van der Waals surface area contributed by atoms with Crippen LogP contribution >= 0.6 is 0 Å². The van der Waals surface area contributed by atoms with Gasteiger partial charge in [0.2, 0.25) is 5.91 Å². The van der Waals surface area contributed by atoms with Gasteiger partial charge in [0.15, 0.2) is 0 Å². The first-order chi connectivity index (χ1) is 12.2. The average Bonchev–Trinajstić information content (AvgIpc) is 3.34. The number of carbonyl (C=O) groups is 1. The summed E-state index contributed by atoms with van der Waals surface area (Å²) in [5, 5.41) is 8.47. The molecule has 3 fully saturated rings. The van der Waals surface area contributed by atoms with Gasteiger partial charge in [0.05, 0.1) is 0 Å². The van der Waals surface area contributed by atoms with E-state index < -0.39 is 0 Å². The third kappa shape index (κ3) is 3.33. The van der Waals surface area contributed by atoms with Crippen molar-refractivity contribution in [2.75, 3.05) is 26.3 Å². The van der Waals surface area contributed by atoms with Crippen LogP contribution in [0.3, 0.4) is 0 Å². The van der Waals surface area contributed by atoms with Crippen LogP contribution in [0.25, 0.3) is 0 Å². The van der Waals surface area contributed by atoms with Crippen molar-refractivity contribution in [2.45, 2.75) is 57.3 Å². The molecule has 0 aromatic carbocycles. The van der Waals surface area contributed by atoms with E-state index in [0.717, 1.165) is 57.3 Å². The summed E-state index contributed by atoms with van der Waals surface area (Å²) >= 11 is 0. The second kappa shape index (κ2) is 7.06. The van der Waals surface area contributed by atoms with Gasteiger partial charge < -0.3 is 14.2 Å². The lowest BCUT2D eigenvalue weighted by Gasteiger charge is -2.37. The summed E-state index contributed by atoms with van der Waals surface area (Å²) in [4.78, 5) is 15.0. The lowest BCUT2D eigenvalue weighted by Crippen LogP contribution is -2.37. The Morgan fingerprint density at radius 3 is 2.76 bits per heavy atom. The first-order valence-corrected chi connectivity index (χ1v) is 9.87. The van der Waals surface area contributed by atoms with E-state index >= 15 is 0 Å². The van der Waals surface area contributed by atoms with Gasteiger partial charge in [0.1, 0.15) is 12.2 Å². The second-order valence-electron chi connectivity index (χ2n) is 8.29. The molecule has 1 saturated carbocycles. The highest BCUT2D eigenvalue weighted by Gasteiger charge is 2.50. The van der Waals surface area contributed by atoms with E-state index in [9.17, 15) is 4.79 Å². The van der Waals surface area contributed by atoms with Crippen LogP contribution in [0.15, 0.2) is 6.33 Å². The van der Waals surface area contributed by atoms with Crippen LogP contribution in [0, 0.1) is 11.3 Å². The quantitative estimate of drug-likeness (QED) is 0.840. The lowest BCUT2D eigenvalue weighted by atomic mass is 9.72. The van der Waals surface area contributed by atoms with Gasteiger partial charge in [-0.1, -0.05) is 25.7 Å². The third-order valence-corrected chi connectivity index (χ3v) is 6.79. The van der Waals surface area contributed by atoms with Crippen LogP contribution in [0.2, 0.25) is 0 Å². The molecule has 1 aliphatic carbocycles. The summed E-state index contributed by atoms with van der Waals surface area (Å²) in [7, 11) is 2.01.